The molecule has 1 aromatic carbocycles. The number of carbonyl (C=O) groups is 1. The summed E-state index contributed by atoms with van der Waals surface area (Å²) in [4.78, 5) is 17.5. The van der Waals surface area contributed by atoms with E-state index in [1.807, 2.05) is 24.3 Å². The molecule has 0 aliphatic carbocycles. The molecule has 1 aliphatic heterocycles. The molecule has 74 valence electrons. The maximum Gasteiger partial charge on any atom is 0.251 e. The van der Waals surface area contributed by atoms with Crippen molar-refractivity contribution in [2.24, 2.45) is 5.90 Å². The number of rotatable bonds is 2. The lowest BCUT2D eigenvalue weighted by atomic mass is 10.1. The highest BCUT2D eigenvalue weighted by molar-refractivity contribution is 5.78. The molecule has 1 amide bonds. The first-order valence-electron chi connectivity index (χ1n) is 4.47. The van der Waals surface area contributed by atoms with Gasteiger partial charge < -0.3 is 4.90 Å². The predicted molar refractivity (Wildman–Crippen MR) is 50.8 cm³/mol. The lowest BCUT2D eigenvalue weighted by Gasteiger charge is -2.13. The second kappa shape index (κ2) is 3.77. The second-order valence-electron chi connectivity index (χ2n) is 3.33. The number of fused-ring (bicyclic) bond motifs is 1. The van der Waals surface area contributed by atoms with Crippen molar-refractivity contribution in [2.45, 2.75) is 13.1 Å². The standard InChI is InChI=1S/C10H12N2O2/c11-14-7-10(13)12-5-8-3-1-2-4-9(8)6-12/h1-4H,5-7,11H2. The molecule has 0 atom stereocenters. The Hall–Kier alpha value is -1.39. The Morgan fingerprint density at radius 3 is 2.43 bits per heavy atom. The van der Waals surface area contributed by atoms with E-state index in [-0.39, 0.29) is 12.5 Å². The zero-order valence-electron chi connectivity index (χ0n) is 7.77. The van der Waals surface area contributed by atoms with E-state index in [1.165, 1.54) is 11.1 Å². The largest absolute Gasteiger partial charge is 0.332 e. The normalized spacial score (nSPS) is 14.2. The van der Waals surface area contributed by atoms with Gasteiger partial charge in [0.1, 0.15) is 6.61 Å². The third kappa shape index (κ3) is 1.62. The first kappa shape index (κ1) is 9.18. The molecule has 0 saturated carbocycles. The Kier molecular flexibility index (Phi) is 2.47. The minimum atomic E-state index is -0.0660. The molecule has 0 unspecified atom stereocenters. The summed E-state index contributed by atoms with van der Waals surface area (Å²) in [5, 5.41) is 0. The quantitative estimate of drug-likeness (QED) is 0.691. The van der Waals surface area contributed by atoms with Crippen molar-refractivity contribution in [1.29, 1.82) is 0 Å². The van der Waals surface area contributed by atoms with E-state index in [0.717, 1.165) is 0 Å². The van der Waals surface area contributed by atoms with Crippen LogP contribution in [0.1, 0.15) is 11.1 Å². The van der Waals surface area contributed by atoms with E-state index in [4.69, 9.17) is 5.90 Å². The molecule has 0 radical (unpaired) electrons. The summed E-state index contributed by atoms with van der Waals surface area (Å²) < 4.78 is 0. The molecule has 1 heterocycles. The topological polar surface area (TPSA) is 55.6 Å². The van der Waals surface area contributed by atoms with E-state index >= 15 is 0 Å². The number of benzene rings is 1. The van der Waals surface area contributed by atoms with E-state index in [2.05, 4.69) is 4.84 Å². The van der Waals surface area contributed by atoms with Crippen LogP contribution in [0.25, 0.3) is 0 Å². The number of hydrogen-bond acceptors (Lipinski definition) is 3. The van der Waals surface area contributed by atoms with Gasteiger partial charge in [0.15, 0.2) is 0 Å². The Labute approximate surface area is 82.2 Å². The Morgan fingerprint density at radius 1 is 1.36 bits per heavy atom. The second-order valence-corrected chi connectivity index (χ2v) is 3.33. The monoisotopic (exact) mass is 192 g/mol. The van der Waals surface area contributed by atoms with Crippen molar-refractivity contribution in [3.05, 3.63) is 35.4 Å². The van der Waals surface area contributed by atoms with Crippen LogP contribution in [-0.4, -0.2) is 17.4 Å². The molecule has 1 aliphatic rings. The van der Waals surface area contributed by atoms with Crippen molar-refractivity contribution in [3.63, 3.8) is 0 Å². The Bertz CT molecular complexity index is 327. The third-order valence-electron chi connectivity index (χ3n) is 2.40. The van der Waals surface area contributed by atoms with E-state index in [1.54, 1.807) is 4.90 Å². The smallest absolute Gasteiger partial charge is 0.251 e. The minimum absolute atomic E-state index is 0.0476. The summed E-state index contributed by atoms with van der Waals surface area (Å²) in [5.74, 6) is 4.79. The number of nitrogens with two attached hydrogens (primary N) is 1. The van der Waals surface area contributed by atoms with Gasteiger partial charge in [-0.25, -0.2) is 5.90 Å². The van der Waals surface area contributed by atoms with Gasteiger partial charge in [0.2, 0.25) is 0 Å². The molecule has 4 nitrogen and oxygen atoms in total. The van der Waals surface area contributed by atoms with Crippen molar-refractivity contribution in [3.8, 4) is 0 Å². The first-order chi connectivity index (χ1) is 6.81. The zero-order valence-corrected chi connectivity index (χ0v) is 7.77. The van der Waals surface area contributed by atoms with Crippen molar-refractivity contribution < 1.29 is 9.63 Å². The molecule has 0 aromatic heterocycles. The number of amides is 1. The lowest BCUT2D eigenvalue weighted by Crippen LogP contribution is -2.30. The van der Waals surface area contributed by atoms with Crippen LogP contribution in [0.15, 0.2) is 24.3 Å². The van der Waals surface area contributed by atoms with Gasteiger partial charge >= 0.3 is 0 Å². The molecule has 4 heteroatoms. The average Bonchev–Trinajstić information content (AvgIpc) is 2.61. The van der Waals surface area contributed by atoms with Crippen LogP contribution in [0, 0.1) is 0 Å². The van der Waals surface area contributed by atoms with Gasteiger partial charge in [0.25, 0.3) is 5.91 Å². The van der Waals surface area contributed by atoms with Gasteiger partial charge in [-0.1, -0.05) is 24.3 Å². The molecule has 0 bridgehead atoms. The lowest BCUT2D eigenvalue weighted by molar-refractivity contribution is -0.136. The van der Waals surface area contributed by atoms with Crippen molar-refractivity contribution in [1.82, 2.24) is 4.90 Å². The molecule has 1 aromatic rings. The van der Waals surface area contributed by atoms with E-state index < -0.39 is 0 Å². The molecule has 0 spiro atoms. The van der Waals surface area contributed by atoms with Gasteiger partial charge in [0, 0.05) is 13.1 Å². The summed E-state index contributed by atoms with van der Waals surface area (Å²) in [6, 6.07) is 8.02. The van der Waals surface area contributed by atoms with Gasteiger partial charge in [-0.2, -0.15) is 0 Å². The Balaban J connectivity index is 2.08. The molecule has 14 heavy (non-hydrogen) atoms. The van der Waals surface area contributed by atoms with Crippen molar-refractivity contribution >= 4 is 5.91 Å². The number of carbonyl (C=O) groups excluding carboxylic acids is 1. The molecule has 0 fully saturated rings. The average molecular weight is 192 g/mol. The highest BCUT2D eigenvalue weighted by Gasteiger charge is 2.22. The minimum Gasteiger partial charge on any atom is -0.332 e. The fourth-order valence-electron chi connectivity index (χ4n) is 1.67. The van der Waals surface area contributed by atoms with Crippen LogP contribution in [0.3, 0.4) is 0 Å². The summed E-state index contributed by atoms with van der Waals surface area (Å²) >= 11 is 0. The van der Waals surface area contributed by atoms with Crippen LogP contribution >= 0.6 is 0 Å². The molecule has 0 saturated heterocycles. The third-order valence-corrected chi connectivity index (χ3v) is 2.40. The van der Waals surface area contributed by atoms with Crippen LogP contribution in [-0.2, 0) is 22.7 Å². The maximum absolute atomic E-state index is 11.4. The number of hydrogen-bond donors (Lipinski definition) is 1. The van der Waals surface area contributed by atoms with Gasteiger partial charge in [-0.05, 0) is 11.1 Å². The summed E-state index contributed by atoms with van der Waals surface area (Å²) in [7, 11) is 0. The SMILES string of the molecule is NOCC(=O)N1Cc2ccccc2C1. The van der Waals surface area contributed by atoms with Crippen LogP contribution in [0.2, 0.25) is 0 Å². The fourth-order valence-corrected chi connectivity index (χ4v) is 1.67. The van der Waals surface area contributed by atoms with E-state index in [0.29, 0.717) is 13.1 Å². The molecule has 2 rings (SSSR count). The predicted octanol–water partition coefficient (Wildman–Crippen LogP) is 0.419. The summed E-state index contributed by atoms with van der Waals surface area (Å²) in [5.41, 5.74) is 2.41. The first-order valence-corrected chi connectivity index (χ1v) is 4.47. The van der Waals surface area contributed by atoms with E-state index in [9.17, 15) is 4.79 Å². The highest BCUT2D eigenvalue weighted by Crippen LogP contribution is 2.21. The van der Waals surface area contributed by atoms with Crippen LogP contribution in [0.4, 0.5) is 0 Å². The van der Waals surface area contributed by atoms with Crippen LogP contribution in [0.5, 0.6) is 0 Å². The van der Waals surface area contributed by atoms with Crippen molar-refractivity contribution in [2.75, 3.05) is 6.61 Å². The molecule has 2 N–H and O–H groups in total. The van der Waals surface area contributed by atoms with Gasteiger partial charge in [0.05, 0.1) is 0 Å². The van der Waals surface area contributed by atoms with Crippen LogP contribution < -0.4 is 5.90 Å². The Morgan fingerprint density at radius 2 is 1.93 bits per heavy atom. The zero-order chi connectivity index (χ0) is 9.97. The fraction of sp³-hybridized carbons (Fsp3) is 0.300. The number of nitrogens with zero attached hydrogens (tertiary/aromatic N) is 1. The van der Waals surface area contributed by atoms with Gasteiger partial charge in [-0.15, -0.1) is 0 Å². The highest BCUT2D eigenvalue weighted by atomic mass is 16.6. The summed E-state index contributed by atoms with van der Waals surface area (Å²) in [6.07, 6.45) is 0. The maximum atomic E-state index is 11.4. The summed E-state index contributed by atoms with van der Waals surface area (Å²) in [6.45, 7) is 1.28. The molecular formula is C10H12N2O2. The van der Waals surface area contributed by atoms with Gasteiger partial charge in [-0.3, -0.25) is 9.63 Å². The molecular weight excluding hydrogens is 180 g/mol.